The smallest absolute Gasteiger partial charge is 0.217 e. The Morgan fingerprint density at radius 2 is 1.75 bits per heavy atom. The van der Waals surface area contributed by atoms with Crippen LogP contribution < -0.4 is 5.73 Å². The van der Waals surface area contributed by atoms with Crippen molar-refractivity contribution in [2.24, 2.45) is 23.0 Å². The second-order valence-corrected chi connectivity index (χ2v) is 7.75. The molecule has 0 aliphatic heterocycles. The van der Waals surface area contributed by atoms with Gasteiger partial charge in [-0.05, 0) is 66.8 Å². The molecule has 1 aromatic rings. The lowest BCUT2D eigenvalue weighted by molar-refractivity contribution is -0.128. The third-order valence-corrected chi connectivity index (χ3v) is 6.12. The van der Waals surface area contributed by atoms with Crippen molar-refractivity contribution < 1.29 is 4.79 Å². The van der Waals surface area contributed by atoms with E-state index in [9.17, 15) is 4.79 Å². The maximum Gasteiger partial charge on any atom is 0.217 e. The van der Waals surface area contributed by atoms with E-state index < -0.39 is 0 Å². The van der Waals surface area contributed by atoms with E-state index in [-0.39, 0.29) is 11.3 Å². The van der Waals surface area contributed by atoms with Crippen molar-refractivity contribution in [2.75, 3.05) is 0 Å². The van der Waals surface area contributed by atoms with Crippen molar-refractivity contribution in [1.29, 1.82) is 0 Å². The van der Waals surface area contributed by atoms with Gasteiger partial charge in [0, 0.05) is 6.42 Å². The van der Waals surface area contributed by atoms with Crippen LogP contribution in [0.4, 0.5) is 0 Å². The minimum Gasteiger partial charge on any atom is -0.370 e. The number of carbonyl (C=O) groups is 1. The van der Waals surface area contributed by atoms with Gasteiger partial charge >= 0.3 is 0 Å². The van der Waals surface area contributed by atoms with Crippen molar-refractivity contribution >= 4 is 5.91 Å². The average molecular weight is 269 g/mol. The molecule has 2 atom stereocenters. The highest BCUT2D eigenvalue weighted by Crippen LogP contribution is 2.66. The van der Waals surface area contributed by atoms with Crippen LogP contribution in [0.5, 0.6) is 0 Å². The van der Waals surface area contributed by atoms with Gasteiger partial charge in [-0.25, -0.2) is 0 Å². The number of amides is 1. The fourth-order valence-corrected chi connectivity index (χ4v) is 6.16. The van der Waals surface area contributed by atoms with Gasteiger partial charge in [-0.2, -0.15) is 0 Å². The minimum atomic E-state index is -0.102. The molecular weight excluding hydrogens is 246 g/mol. The van der Waals surface area contributed by atoms with Crippen molar-refractivity contribution in [3.05, 3.63) is 35.9 Å². The van der Waals surface area contributed by atoms with E-state index in [1.165, 1.54) is 44.1 Å². The largest absolute Gasteiger partial charge is 0.370 e. The number of hydrogen-bond donors (Lipinski definition) is 1. The highest BCUT2D eigenvalue weighted by atomic mass is 16.1. The fourth-order valence-electron chi connectivity index (χ4n) is 6.16. The Hall–Kier alpha value is -1.31. The van der Waals surface area contributed by atoms with Crippen molar-refractivity contribution in [3.63, 3.8) is 0 Å². The Morgan fingerprint density at radius 1 is 1.10 bits per heavy atom. The average Bonchev–Trinajstić information content (AvgIpc) is 2.36. The summed E-state index contributed by atoms with van der Waals surface area (Å²) in [4.78, 5) is 11.5. The SMILES string of the molecule is NC(=O)CC12C[C@@H]3C[C@@H](C1)CC(c1ccccc1)(C3)C2. The van der Waals surface area contributed by atoms with E-state index >= 15 is 0 Å². The molecule has 2 N–H and O–H groups in total. The number of nitrogens with two attached hydrogens (primary N) is 1. The predicted octanol–water partition coefficient (Wildman–Crippen LogP) is 3.40. The van der Waals surface area contributed by atoms with Crippen LogP contribution in [0.1, 0.15) is 50.5 Å². The van der Waals surface area contributed by atoms with Gasteiger partial charge in [0.15, 0.2) is 0 Å². The van der Waals surface area contributed by atoms with Gasteiger partial charge in [0.1, 0.15) is 0 Å². The highest BCUT2D eigenvalue weighted by molar-refractivity contribution is 5.74. The predicted molar refractivity (Wildman–Crippen MR) is 79.0 cm³/mol. The molecule has 4 aliphatic carbocycles. The molecule has 0 unspecified atom stereocenters. The second kappa shape index (κ2) is 4.09. The first kappa shape index (κ1) is 12.4. The van der Waals surface area contributed by atoms with E-state index in [0.717, 1.165) is 11.8 Å². The molecule has 0 spiro atoms. The molecule has 0 heterocycles. The van der Waals surface area contributed by atoms with Crippen molar-refractivity contribution in [1.82, 2.24) is 0 Å². The first-order chi connectivity index (χ1) is 9.59. The third-order valence-electron chi connectivity index (χ3n) is 6.12. The summed E-state index contributed by atoms with van der Waals surface area (Å²) in [6, 6.07) is 11.0. The third kappa shape index (κ3) is 1.81. The van der Waals surface area contributed by atoms with Gasteiger partial charge in [-0.3, -0.25) is 4.79 Å². The van der Waals surface area contributed by atoms with E-state index in [0.29, 0.717) is 11.8 Å². The summed E-state index contributed by atoms with van der Waals surface area (Å²) in [5.41, 5.74) is 7.61. The molecule has 4 saturated carbocycles. The van der Waals surface area contributed by atoms with Gasteiger partial charge in [0.25, 0.3) is 0 Å². The summed E-state index contributed by atoms with van der Waals surface area (Å²) in [6.45, 7) is 0. The summed E-state index contributed by atoms with van der Waals surface area (Å²) in [6.07, 6.45) is 8.30. The molecule has 0 aromatic heterocycles. The molecule has 5 rings (SSSR count). The van der Waals surface area contributed by atoms with Gasteiger partial charge in [0.2, 0.25) is 5.91 Å². The molecule has 106 valence electrons. The number of carbonyl (C=O) groups excluding carboxylic acids is 1. The molecule has 4 fully saturated rings. The molecular formula is C18H23NO. The quantitative estimate of drug-likeness (QED) is 0.898. The Balaban J connectivity index is 1.74. The summed E-state index contributed by atoms with van der Waals surface area (Å²) in [7, 11) is 0. The maximum atomic E-state index is 11.5. The van der Waals surface area contributed by atoms with Crippen LogP contribution >= 0.6 is 0 Å². The molecule has 4 aliphatic rings. The van der Waals surface area contributed by atoms with Gasteiger partial charge in [-0.15, -0.1) is 0 Å². The van der Waals surface area contributed by atoms with Gasteiger partial charge in [0.05, 0.1) is 0 Å². The Labute approximate surface area is 120 Å². The van der Waals surface area contributed by atoms with Gasteiger partial charge in [-0.1, -0.05) is 30.3 Å². The molecule has 1 amide bonds. The zero-order valence-corrected chi connectivity index (χ0v) is 12.0. The van der Waals surface area contributed by atoms with E-state index in [1.807, 2.05) is 0 Å². The molecule has 20 heavy (non-hydrogen) atoms. The second-order valence-electron chi connectivity index (χ2n) is 7.75. The lowest BCUT2D eigenvalue weighted by Crippen LogP contribution is -2.54. The Bertz CT molecular complexity index is 522. The van der Waals surface area contributed by atoms with Crippen LogP contribution in [0, 0.1) is 17.3 Å². The number of rotatable bonds is 3. The first-order valence-corrected chi connectivity index (χ1v) is 7.93. The van der Waals surface area contributed by atoms with E-state index in [2.05, 4.69) is 30.3 Å². The topological polar surface area (TPSA) is 43.1 Å². The minimum absolute atomic E-state index is 0.102. The highest BCUT2D eigenvalue weighted by Gasteiger charge is 2.58. The standard InChI is InChI=1S/C18H23NO/c19-16(20)11-17-7-13-6-14(8-17)10-18(9-13,12-17)15-4-2-1-3-5-15/h1-5,13-14H,6-12H2,(H2,19,20)/t13-,14-,17?,18?/m0/s1. The van der Waals surface area contributed by atoms with Crippen LogP contribution in [0.3, 0.4) is 0 Å². The van der Waals surface area contributed by atoms with E-state index in [4.69, 9.17) is 5.73 Å². The Kier molecular flexibility index (Phi) is 2.55. The van der Waals surface area contributed by atoms with Crippen LogP contribution in [0.15, 0.2) is 30.3 Å². The van der Waals surface area contributed by atoms with Crippen LogP contribution in [-0.4, -0.2) is 5.91 Å². The molecule has 0 saturated heterocycles. The molecule has 1 aromatic carbocycles. The lowest BCUT2D eigenvalue weighted by Gasteiger charge is -2.62. The van der Waals surface area contributed by atoms with Crippen molar-refractivity contribution in [2.45, 2.75) is 50.4 Å². The number of hydrogen-bond acceptors (Lipinski definition) is 1. The van der Waals surface area contributed by atoms with E-state index in [1.54, 1.807) is 0 Å². The summed E-state index contributed by atoms with van der Waals surface area (Å²) in [5.74, 6) is 1.53. The number of benzene rings is 1. The monoisotopic (exact) mass is 269 g/mol. The van der Waals surface area contributed by atoms with Crippen LogP contribution in [0.2, 0.25) is 0 Å². The summed E-state index contributed by atoms with van der Waals surface area (Å²) >= 11 is 0. The maximum absolute atomic E-state index is 11.5. The van der Waals surface area contributed by atoms with Crippen LogP contribution in [0.25, 0.3) is 0 Å². The molecule has 0 radical (unpaired) electrons. The normalized spacial score (nSPS) is 41.8. The molecule has 2 nitrogen and oxygen atoms in total. The Morgan fingerprint density at radius 3 is 2.35 bits per heavy atom. The number of primary amides is 1. The summed E-state index contributed by atoms with van der Waals surface area (Å²) < 4.78 is 0. The zero-order valence-electron chi connectivity index (χ0n) is 12.0. The summed E-state index contributed by atoms with van der Waals surface area (Å²) in [5, 5.41) is 0. The fraction of sp³-hybridized carbons (Fsp3) is 0.611. The zero-order chi connectivity index (χ0) is 13.8. The first-order valence-electron chi connectivity index (χ1n) is 7.93. The van der Waals surface area contributed by atoms with Crippen LogP contribution in [-0.2, 0) is 10.2 Å². The molecule has 4 bridgehead atoms. The van der Waals surface area contributed by atoms with Gasteiger partial charge < -0.3 is 5.73 Å². The molecule has 2 heteroatoms. The lowest BCUT2D eigenvalue weighted by atomic mass is 9.42. The van der Waals surface area contributed by atoms with Crippen molar-refractivity contribution in [3.8, 4) is 0 Å².